The van der Waals surface area contributed by atoms with Gasteiger partial charge in [-0.25, -0.2) is 4.79 Å². The zero-order chi connectivity index (χ0) is 23.6. The van der Waals surface area contributed by atoms with E-state index in [-0.39, 0.29) is 17.9 Å². The van der Waals surface area contributed by atoms with Gasteiger partial charge in [-0.1, -0.05) is 36.4 Å². The molecule has 1 saturated heterocycles. The summed E-state index contributed by atoms with van der Waals surface area (Å²) in [6.07, 6.45) is 1.38. The number of amides is 3. The predicted octanol–water partition coefficient (Wildman–Crippen LogP) is 4.06. The van der Waals surface area contributed by atoms with Crippen LogP contribution in [0.25, 0.3) is 0 Å². The first-order valence-electron chi connectivity index (χ1n) is 11.7. The summed E-state index contributed by atoms with van der Waals surface area (Å²) in [6.45, 7) is 7.50. The van der Waals surface area contributed by atoms with Crippen LogP contribution in [-0.2, 0) is 17.9 Å². The molecule has 2 aromatic carbocycles. The molecular weight excluding hydrogens is 418 g/mol. The fraction of sp³-hybridized carbons (Fsp3) is 0.462. The third-order valence-corrected chi connectivity index (χ3v) is 6.10. The fourth-order valence-corrected chi connectivity index (χ4v) is 4.04. The number of ether oxygens (including phenoxy) is 2. The highest BCUT2D eigenvalue weighted by Gasteiger charge is 2.28. The Balaban J connectivity index is 1.48. The number of rotatable bonds is 9. The molecule has 0 aromatic heterocycles. The third-order valence-electron chi connectivity index (χ3n) is 6.10. The van der Waals surface area contributed by atoms with E-state index >= 15 is 0 Å². The van der Waals surface area contributed by atoms with Gasteiger partial charge in [0, 0.05) is 38.6 Å². The number of urea groups is 1. The first-order chi connectivity index (χ1) is 16.0. The molecule has 1 aliphatic rings. The zero-order valence-electron chi connectivity index (χ0n) is 19.9. The minimum absolute atomic E-state index is 0.0355. The topological polar surface area (TPSA) is 71.1 Å². The van der Waals surface area contributed by atoms with E-state index < -0.39 is 0 Å². The van der Waals surface area contributed by atoms with Gasteiger partial charge < -0.3 is 24.6 Å². The van der Waals surface area contributed by atoms with Gasteiger partial charge in [-0.15, -0.1) is 0 Å². The molecule has 0 bridgehead atoms. The van der Waals surface area contributed by atoms with Crippen molar-refractivity contribution in [2.75, 3.05) is 33.3 Å². The molecule has 0 spiro atoms. The molecule has 0 aliphatic carbocycles. The number of likely N-dealkylation sites (tertiary alicyclic amines) is 1. The maximum atomic E-state index is 12.7. The summed E-state index contributed by atoms with van der Waals surface area (Å²) in [5.74, 6) is 1.28. The summed E-state index contributed by atoms with van der Waals surface area (Å²) in [5.41, 5.74) is 2.03. The Morgan fingerprint density at radius 3 is 2.33 bits per heavy atom. The van der Waals surface area contributed by atoms with E-state index in [9.17, 15) is 9.59 Å². The van der Waals surface area contributed by atoms with Crippen molar-refractivity contribution < 1.29 is 19.1 Å². The predicted molar refractivity (Wildman–Crippen MR) is 128 cm³/mol. The van der Waals surface area contributed by atoms with Gasteiger partial charge in [-0.3, -0.25) is 4.79 Å². The van der Waals surface area contributed by atoms with Crippen molar-refractivity contribution in [2.45, 2.75) is 39.8 Å². The molecule has 178 valence electrons. The Hall–Kier alpha value is -3.22. The highest BCUT2D eigenvalue weighted by Crippen LogP contribution is 2.29. The van der Waals surface area contributed by atoms with Gasteiger partial charge in [0.05, 0.1) is 7.11 Å². The molecule has 0 radical (unpaired) electrons. The average Bonchev–Trinajstić information content (AvgIpc) is 2.87. The van der Waals surface area contributed by atoms with Crippen LogP contribution in [0.2, 0.25) is 0 Å². The van der Waals surface area contributed by atoms with Crippen LogP contribution in [0.4, 0.5) is 4.79 Å². The molecule has 33 heavy (non-hydrogen) atoms. The summed E-state index contributed by atoms with van der Waals surface area (Å²) >= 11 is 0. The molecule has 1 heterocycles. The standard InChI is InChI=1S/C26H35N3O4/c1-4-28(5-2)26(31)29-15-13-22(14-16-29)25(30)27-18-21-11-12-23(24(17-21)32-3)33-19-20-9-7-6-8-10-20/h6-12,17,22H,4-5,13-16,18-19H2,1-3H3,(H,27,30). The lowest BCUT2D eigenvalue weighted by molar-refractivity contribution is -0.126. The largest absolute Gasteiger partial charge is 0.493 e. The number of nitrogens with one attached hydrogen (secondary N) is 1. The summed E-state index contributed by atoms with van der Waals surface area (Å²) in [6, 6.07) is 15.7. The maximum absolute atomic E-state index is 12.7. The molecular formula is C26H35N3O4. The maximum Gasteiger partial charge on any atom is 0.319 e. The molecule has 0 atom stereocenters. The number of hydrogen-bond acceptors (Lipinski definition) is 4. The van der Waals surface area contributed by atoms with Gasteiger partial charge in [-0.05, 0) is 49.9 Å². The van der Waals surface area contributed by atoms with Crippen molar-refractivity contribution in [2.24, 2.45) is 5.92 Å². The summed E-state index contributed by atoms with van der Waals surface area (Å²) < 4.78 is 11.4. The first-order valence-corrected chi connectivity index (χ1v) is 11.7. The normalized spacial score (nSPS) is 14.0. The van der Waals surface area contributed by atoms with E-state index in [1.807, 2.05) is 72.2 Å². The Kier molecular flexibility index (Phi) is 8.98. The van der Waals surface area contributed by atoms with Gasteiger partial charge in [0.15, 0.2) is 11.5 Å². The Morgan fingerprint density at radius 2 is 1.70 bits per heavy atom. The van der Waals surface area contributed by atoms with E-state index in [1.54, 1.807) is 7.11 Å². The summed E-state index contributed by atoms with van der Waals surface area (Å²) in [7, 11) is 1.61. The van der Waals surface area contributed by atoms with Crippen molar-refractivity contribution in [3.8, 4) is 11.5 Å². The SMILES string of the molecule is CCN(CC)C(=O)N1CCC(C(=O)NCc2ccc(OCc3ccccc3)c(OC)c2)CC1. The van der Waals surface area contributed by atoms with Crippen LogP contribution in [0.1, 0.15) is 37.8 Å². The molecule has 0 saturated carbocycles. The molecule has 1 aliphatic heterocycles. The van der Waals surface area contributed by atoms with E-state index in [0.29, 0.717) is 63.7 Å². The minimum atomic E-state index is -0.0684. The van der Waals surface area contributed by atoms with Crippen molar-refractivity contribution in [3.63, 3.8) is 0 Å². The van der Waals surface area contributed by atoms with E-state index in [0.717, 1.165) is 11.1 Å². The van der Waals surface area contributed by atoms with Crippen molar-refractivity contribution >= 4 is 11.9 Å². The van der Waals surface area contributed by atoms with Gasteiger partial charge in [-0.2, -0.15) is 0 Å². The number of nitrogens with zero attached hydrogens (tertiary/aromatic N) is 2. The number of benzene rings is 2. The molecule has 3 amide bonds. The van der Waals surface area contributed by atoms with E-state index in [1.165, 1.54) is 0 Å². The van der Waals surface area contributed by atoms with Gasteiger partial charge in [0.25, 0.3) is 0 Å². The van der Waals surface area contributed by atoms with Crippen LogP contribution in [0.5, 0.6) is 11.5 Å². The molecule has 1 N–H and O–H groups in total. The molecule has 2 aromatic rings. The molecule has 1 fully saturated rings. The molecule has 0 unspecified atom stereocenters. The molecule has 7 heteroatoms. The number of carbonyl (C=O) groups is 2. The third kappa shape index (κ3) is 6.63. The van der Waals surface area contributed by atoms with Crippen LogP contribution in [0.3, 0.4) is 0 Å². The second-order valence-electron chi connectivity index (χ2n) is 8.19. The quantitative estimate of drug-likeness (QED) is 0.622. The van der Waals surface area contributed by atoms with Gasteiger partial charge in [0.1, 0.15) is 6.61 Å². The summed E-state index contributed by atoms with van der Waals surface area (Å²) in [4.78, 5) is 28.9. The highest BCUT2D eigenvalue weighted by atomic mass is 16.5. The summed E-state index contributed by atoms with van der Waals surface area (Å²) in [5, 5.41) is 3.04. The van der Waals surface area contributed by atoms with Crippen LogP contribution >= 0.6 is 0 Å². The lowest BCUT2D eigenvalue weighted by atomic mass is 9.96. The second kappa shape index (κ2) is 12.1. The number of methoxy groups -OCH3 is 1. The molecule has 3 rings (SSSR count). The molecule has 7 nitrogen and oxygen atoms in total. The number of carbonyl (C=O) groups excluding carboxylic acids is 2. The lowest BCUT2D eigenvalue weighted by Gasteiger charge is -2.34. The smallest absolute Gasteiger partial charge is 0.319 e. The van der Waals surface area contributed by atoms with Crippen molar-refractivity contribution in [1.29, 1.82) is 0 Å². The van der Waals surface area contributed by atoms with Crippen molar-refractivity contribution in [1.82, 2.24) is 15.1 Å². The van der Waals surface area contributed by atoms with Gasteiger partial charge >= 0.3 is 6.03 Å². The zero-order valence-corrected chi connectivity index (χ0v) is 19.9. The van der Waals surface area contributed by atoms with E-state index in [4.69, 9.17) is 9.47 Å². The van der Waals surface area contributed by atoms with Crippen LogP contribution in [0, 0.1) is 5.92 Å². The Morgan fingerprint density at radius 1 is 1.00 bits per heavy atom. The van der Waals surface area contributed by atoms with Crippen LogP contribution in [-0.4, -0.2) is 55.0 Å². The second-order valence-corrected chi connectivity index (χ2v) is 8.19. The minimum Gasteiger partial charge on any atom is -0.493 e. The first kappa shape index (κ1) is 24.4. The lowest BCUT2D eigenvalue weighted by Crippen LogP contribution is -2.48. The van der Waals surface area contributed by atoms with Crippen LogP contribution < -0.4 is 14.8 Å². The van der Waals surface area contributed by atoms with Crippen molar-refractivity contribution in [3.05, 3.63) is 59.7 Å². The highest BCUT2D eigenvalue weighted by molar-refractivity contribution is 5.79. The number of hydrogen-bond donors (Lipinski definition) is 1. The monoisotopic (exact) mass is 453 g/mol. The average molecular weight is 454 g/mol. The number of piperidine rings is 1. The van der Waals surface area contributed by atoms with Gasteiger partial charge in [0.2, 0.25) is 5.91 Å². The Labute approximate surface area is 196 Å². The Bertz CT molecular complexity index is 907. The van der Waals surface area contributed by atoms with Crippen LogP contribution in [0.15, 0.2) is 48.5 Å². The fourth-order valence-electron chi connectivity index (χ4n) is 4.04. The van der Waals surface area contributed by atoms with E-state index in [2.05, 4.69) is 5.32 Å².